The quantitative estimate of drug-likeness (QED) is 0.572. The van der Waals surface area contributed by atoms with Gasteiger partial charge in [0.05, 0.1) is 4.91 Å². The highest BCUT2D eigenvalue weighted by atomic mass is 32.2. The first kappa shape index (κ1) is 18.6. The molecule has 0 radical (unpaired) electrons. The molecule has 1 saturated heterocycles. The number of nitrogens with zero attached hydrogens (tertiary/aromatic N) is 2. The molecule has 1 aromatic carbocycles. The van der Waals surface area contributed by atoms with Crippen LogP contribution in [-0.2, 0) is 9.59 Å². The van der Waals surface area contributed by atoms with Gasteiger partial charge in [-0.2, -0.15) is 0 Å². The number of imide groups is 1. The Morgan fingerprint density at radius 2 is 1.83 bits per heavy atom. The predicted octanol–water partition coefficient (Wildman–Crippen LogP) is 3.31. The maximum atomic E-state index is 12.4. The summed E-state index contributed by atoms with van der Waals surface area (Å²) in [6, 6.07) is 7.73. The number of hydrogen-bond acceptors (Lipinski definition) is 5. The third-order valence-corrected chi connectivity index (χ3v) is 5.35. The highest BCUT2D eigenvalue weighted by Crippen LogP contribution is 2.32. The van der Waals surface area contributed by atoms with Crippen molar-refractivity contribution in [1.82, 2.24) is 9.80 Å². The Morgan fingerprint density at radius 1 is 1.21 bits per heavy atom. The van der Waals surface area contributed by atoms with Crippen LogP contribution in [0, 0.1) is 0 Å². The molecule has 7 heteroatoms. The van der Waals surface area contributed by atoms with Gasteiger partial charge in [-0.05, 0) is 55.6 Å². The van der Waals surface area contributed by atoms with E-state index in [1.807, 2.05) is 44.4 Å². The highest BCUT2D eigenvalue weighted by molar-refractivity contribution is 8.18. The number of hydrogen-bond donors (Lipinski definition) is 0. The molecule has 0 bridgehead atoms. The summed E-state index contributed by atoms with van der Waals surface area (Å²) in [4.78, 5) is 40.7. The zero-order valence-electron chi connectivity index (χ0n) is 13.9. The first-order valence-corrected chi connectivity index (χ1v) is 9.71. The number of carbonyl (C=O) groups is 3. The van der Waals surface area contributed by atoms with Crippen LogP contribution in [-0.4, -0.2) is 52.7 Å². The van der Waals surface area contributed by atoms with Crippen LogP contribution in [0.1, 0.15) is 19.4 Å². The Labute approximate surface area is 150 Å². The summed E-state index contributed by atoms with van der Waals surface area (Å²) in [5, 5.41) is -0.396. The molecule has 0 N–H and O–H groups in total. The van der Waals surface area contributed by atoms with Crippen molar-refractivity contribution in [3.8, 4) is 0 Å². The zero-order chi connectivity index (χ0) is 17.7. The molecule has 0 aliphatic carbocycles. The van der Waals surface area contributed by atoms with E-state index >= 15 is 0 Å². The molecule has 3 amide bonds. The third-order valence-electron chi connectivity index (χ3n) is 3.70. The van der Waals surface area contributed by atoms with Crippen LogP contribution in [0.4, 0.5) is 4.79 Å². The summed E-state index contributed by atoms with van der Waals surface area (Å²) in [5.41, 5.74) is 0.855. The van der Waals surface area contributed by atoms with Crippen molar-refractivity contribution in [2.75, 3.05) is 25.9 Å². The lowest BCUT2D eigenvalue weighted by atomic mass is 10.2. The van der Waals surface area contributed by atoms with Gasteiger partial charge in [-0.25, -0.2) is 0 Å². The van der Waals surface area contributed by atoms with Crippen LogP contribution in [0.2, 0.25) is 0 Å². The standard InChI is InChI=1S/C17H20N2O3S2/c1-4-18(5-2)15(20)11-19-16(21)14(24-17(19)22)10-12-6-8-13(23-3)9-7-12/h6-10H,4-5,11H2,1-3H3/b14-10-. The fourth-order valence-electron chi connectivity index (χ4n) is 2.30. The van der Waals surface area contributed by atoms with E-state index in [0.29, 0.717) is 18.0 Å². The molecule has 5 nitrogen and oxygen atoms in total. The second-order valence-electron chi connectivity index (χ2n) is 5.11. The zero-order valence-corrected chi connectivity index (χ0v) is 15.6. The molecule has 0 aromatic heterocycles. The Hall–Kier alpha value is -1.73. The number of rotatable bonds is 6. The average molecular weight is 364 g/mol. The van der Waals surface area contributed by atoms with Crippen molar-refractivity contribution in [1.29, 1.82) is 0 Å². The van der Waals surface area contributed by atoms with E-state index in [2.05, 4.69) is 0 Å². The number of likely N-dealkylation sites (N-methyl/N-ethyl adjacent to an activating group) is 1. The number of amides is 3. The van der Waals surface area contributed by atoms with Gasteiger partial charge in [0, 0.05) is 18.0 Å². The van der Waals surface area contributed by atoms with Gasteiger partial charge in [-0.3, -0.25) is 19.3 Å². The van der Waals surface area contributed by atoms with E-state index in [1.54, 1.807) is 22.7 Å². The van der Waals surface area contributed by atoms with Crippen molar-refractivity contribution in [3.63, 3.8) is 0 Å². The Kier molecular flexibility index (Phi) is 6.51. The number of carbonyl (C=O) groups excluding carboxylic acids is 3. The molecule has 1 aliphatic heterocycles. The van der Waals surface area contributed by atoms with Gasteiger partial charge < -0.3 is 4.90 Å². The van der Waals surface area contributed by atoms with Gasteiger partial charge in [0.25, 0.3) is 11.1 Å². The molecule has 24 heavy (non-hydrogen) atoms. The van der Waals surface area contributed by atoms with E-state index in [9.17, 15) is 14.4 Å². The van der Waals surface area contributed by atoms with E-state index in [0.717, 1.165) is 27.1 Å². The van der Waals surface area contributed by atoms with Crippen LogP contribution in [0.5, 0.6) is 0 Å². The largest absolute Gasteiger partial charge is 0.342 e. The summed E-state index contributed by atoms with van der Waals surface area (Å²) >= 11 is 2.52. The molecular weight excluding hydrogens is 344 g/mol. The maximum Gasteiger partial charge on any atom is 0.294 e. The summed E-state index contributed by atoms with van der Waals surface area (Å²) < 4.78 is 0. The minimum Gasteiger partial charge on any atom is -0.342 e. The number of benzene rings is 1. The monoisotopic (exact) mass is 364 g/mol. The molecule has 1 fully saturated rings. The Morgan fingerprint density at radius 3 is 2.38 bits per heavy atom. The van der Waals surface area contributed by atoms with Gasteiger partial charge in [-0.1, -0.05) is 12.1 Å². The predicted molar refractivity (Wildman–Crippen MR) is 98.8 cm³/mol. The van der Waals surface area contributed by atoms with Crippen LogP contribution in [0.15, 0.2) is 34.1 Å². The smallest absolute Gasteiger partial charge is 0.294 e. The second kappa shape index (κ2) is 8.39. The Balaban J connectivity index is 2.12. The van der Waals surface area contributed by atoms with Gasteiger partial charge in [0.2, 0.25) is 5.91 Å². The minimum absolute atomic E-state index is 0.199. The molecule has 2 rings (SSSR count). The number of thioether (sulfide) groups is 2. The average Bonchev–Trinajstić information content (AvgIpc) is 2.84. The van der Waals surface area contributed by atoms with Crippen LogP contribution < -0.4 is 0 Å². The van der Waals surface area contributed by atoms with Crippen molar-refractivity contribution in [2.24, 2.45) is 0 Å². The van der Waals surface area contributed by atoms with Crippen LogP contribution >= 0.6 is 23.5 Å². The second-order valence-corrected chi connectivity index (χ2v) is 6.98. The van der Waals surface area contributed by atoms with Crippen molar-refractivity contribution in [2.45, 2.75) is 18.7 Å². The first-order chi connectivity index (χ1) is 11.5. The summed E-state index contributed by atoms with van der Waals surface area (Å²) in [6.45, 7) is 4.65. The summed E-state index contributed by atoms with van der Waals surface area (Å²) in [6.07, 6.45) is 3.68. The Bertz CT molecular complexity index is 667. The van der Waals surface area contributed by atoms with E-state index < -0.39 is 11.1 Å². The first-order valence-electron chi connectivity index (χ1n) is 7.67. The fourth-order valence-corrected chi connectivity index (χ4v) is 3.55. The van der Waals surface area contributed by atoms with Crippen LogP contribution in [0.3, 0.4) is 0 Å². The van der Waals surface area contributed by atoms with Crippen molar-refractivity contribution >= 4 is 46.7 Å². The highest BCUT2D eigenvalue weighted by Gasteiger charge is 2.36. The molecule has 0 spiro atoms. The van der Waals surface area contributed by atoms with Gasteiger partial charge in [0.1, 0.15) is 6.54 Å². The summed E-state index contributed by atoms with van der Waals surface area (Å²) in [5.74, 6) is -0.618. The minimum atomic E-state index is -0.403. The molecule has 1 aliphatic rings. The fraction of sp³-hybridized carbons (Fsp3) is 0.353. The van der Waals surface area contributed by atoms with E-state index in [-0.39, 0.29) is 12.5 Å². The molecule has 128 valence electrons. The lowest BCUT2D eigenvalue weighted by Gasteiger charge is -2.21. The molecule has 1 aromatic rings. The lowest BCUT2D eigenvalue weighted by Crippen LogP contribution is -2.41. The van der Waals surface area contributed by atoms with Crippen molar-refractivity contribution < 1.29 is 14.4 Å². The van der Waals surface area contributed by atoms with Gasteiger partial charge >= 0.3 is 0 Å². The normalized spacial score (nSPS) is 16.1. The molecule has 1 heterocycles. The van der Waals surface area contributed by atoms with Gasteiger partial charge in [0.15, 0.2) is 0 Å². The molecular formula is C17H20N2O3S2. The third kappa shape index (κ3) is 4.21. The lowest BCUT2D eigenvalue weighted by molar-refractivity contribution is -0.135. The van der Waals surface area contributed by atoms with Crippen molar-refractivity contribution in [3.05, 3.63) is 34.7 Å². The van der Waals surface area contributed by atoms with Gasteiger partial charge in [-0.15, -0.1) is 11.8 Å². The summed E-state index contributed by atoms with van der Waals surface area (Å²) in [7, 11) is 0. The SMILES string of the molecule is CCN(CC)C(=O)CN1C(=O)S/C(=C\c2ccc(SC)cc2)C1=O. The molecule has 0 saturated carbocycles. The van der Waals surface area contributed by atoms with Crippen LogP contribution in [0.25, 0.3) is 6.08 Å². The molecule has 0 atom stereocenters. The van der Waals surface area contributed by atoms with E-state index in [1.165, 1.54) is 0 Å². The maximum absolute atomic E-state index is 12.4. The topological polar surface area (TPSA) is 57.7 Å². The van der Waals surface area contributed by atoms with E-state index in [4.69, 9.17) is 0 Å². The molecule has 0 unspecified atom stereocenters.